The number of benzene rings is 2. The fourth-order valence-corrected chi connectivity index (χ4v) is 2.84. The predicted molar refractivity (Wildman–Crippen MR) is 93.6 cm³/mol. The fraction of sp³-hybridized carbons (Fsp3) is 0.211. The van der Waals surface area contributed by atoms with E-state index < -0.39 is 0 Å². The molecule has 2 aromatic heterocycles. The lowest BCUT2D eigenvalue weighted by Gasteiger charge is -2.05. The lowest BCUT2D eigenvalue weighted by atomic mass is 10.1. The minimum Gasteiger partial charge on any atom is -0.441 e. The maximum atomic E-state index is 5.89. The molecule has 120 valence electrons. The number of aromatic nitrogens is 4. The first-order chi connectivity index (χ1) is 11.6. The van der Waals surface area contributed by atoms with Crippen LogP contribution in [0, 0.1) is 6.92 Å². The van der Waals surface area contributed by atoms with Gasteiger partial charge in [-0.05, 0) is 39.0 Å². The number of hydrogen-bond donors (Lipinski definition) is 0. The van der Waals surface area contributed by atoms with Crippen LogP contribution in [0.3, 0.4) is 0 Å². The van der Waals surface area contributed by atoms with Crippen molar-refractivity contribution in [3.63, 3.8) is 0 Å². The van der Waals surface area contributed by atoms with Crippen LogP contribution in [0.5, 0.6) is 0 Å². The maximum Gasteiger partial charge on any atom is 0.226 e. The zero-order valence-corrected chi connectivity index (χ0v) is 13.9. The second-order valence-electron chi connectivity index (χ2n) is 6.12. The lowest BCUT2D eigenvalue weighted by Crippen LogP contribution is -2.02. The van der Waals surface area contributed by atoms with E-state index in [1.165, 1.54) is 0 Å². The van der Waals surface area contributed by atoms with Gasteiger partial charge >= 0.3 is 0 Å². The summed E-state index contributed by atoms with van der Waals surface area (Å²) in [6.45, 7) is 6.11. The third-order valence-electron chi connectivity index (χ3n) is 4.05. The molecule has 2 aromatic carbocycles. The number of hydrogen-bond acceptors (Lipinski definition) is 4. The molecule has 0 saturated carbocycles. The Bertz CT molecular complexity index is 999. The van der Waals surface area contributed by atoms with E-state index in [1.54, 1.807) is 0 Å². The average molecular weight is 318 g/mol. The Morgan fingerprint density at radius 1 is 1.00 bits per heavy atom. The normalized spacial score (nSPS) is 11.5. The molecule has 0 bridgehead atoms. The Balaban J connectivity index is 1.78. The molecule has 0 radical (unpaired) electrons. The van der Waals surface area contributed by atoms with Crippen LogP contribution < -0.4 is 0 Å². The lowest BCUT2D eigenvalue weighted by molar-refractivity contribution is 0.530. The van der Waals surface area contributed by atoms with E-state index in [1.807, 2.05) is 60.1 Å². The van der Waals surface area contributed by atoms with Crippen LogP contribution in [0.1, 0.15) is 25.6 Å². The molecule has 5 heteroatoms. The van der Waals surface area contributed by atoms with Gasteiger partial charge in [0.25, 0.3) is 0 Å². The van der Waals surface area contributed by atoms with E-state index in [0.717, 1.165) is 33.6 Å². The molecule has 0 N–H and O–H groups in total. The van der Waals surface area contributed by atoms with Crippen molar-refractivity contribution in [3.05, 3.63) is 54.3 Å². The van der Waals surface area contributed by atoms with Crippen LogP contribution in [0.4, 0.5) is 0 Å². The first kappa shape index (κ1) is 14.6. The van der Waals surface area contributed by atoms with Crippen molar-refractivity contribution in [2.75, 3.05) is 0 Å². The van der Waals surface area contributed by atoms with Crippen molar-refractivity contribution in [2.45, 2.75) is 26.8 Å². The van der Waals surface area contributed by atoms with Gasteiger partial charge in [-0.2, -0.15) is 0 Å². The molecule has 0 aliphatic rings. The first-order valence-electron chi connectivity index (χ1n) is 8.01. The minimum absolute atomic E-state index is 0.273. The van der Waals surface area contributed by atoms with Gasteiger partial charge in [0.05, 0.1) is 5.52 Å². The second kappa shape index (κ2) is 5.60. The molecule has 0 amide bonds. The maximum absolute atomic E-state index is 5.89. The van der Waals surface area contributed by atoms with Gasteiger partial charge < -0.3 is 4.42 Å². The summed E-state index contributed by atoms with van der Waals surface area (Å²) < 4.78 is 7.80. The Hall–Kier alpha value is -2.95. The SMILES string of the molecule is Cc1oc(-c2ccc3c(c2)nnn3C(C)C)nc1-c1ccccc1. The minimum atomic E-state index is 0.273. The van der Waals surface area contributed by atoms with E-state index in [-0.39, 0.29) is 6.04 Å². The predicted octanol–water partition coefficient (Wildman–Crippen LogP) is 4.64. The van der Waals surface area contributed by atoms with Crippen LogP contribution in [-0.2, 0) is 0 Å². The summed E-state index contributed by atoms with van der Waals surface area (Å²) in [4.78, 5) is 4.68. The van der Waals surface area contributed by atoms with Gasteiger partial charge in [-0.1, -0.05) is 35.5 Å². The molecule has 4 aromatic rings. The van der Waals surface area contributed by atoms with Crippen molar-refractivity contribution in [3.8, 4) is 22.7 Å². The monoisotopic (exact) mass is 318 g/mol. The zero-order valence-electron chi connectivity index (χ0n) is 13.9. The molecule has 24 heavy (non-hydrogen) atoms. The molecule has 2 heterocycles. The van der Waals surface area contributed by atoms with E-state index in [9.17, 15) is 0 Å². The molecule has 0 unspecified atom stereocenters. The van der Waals surface area contributed by atoms with Gasteiger partial charge in [-0.15, -0.1) is 5.10 Å². The van der Waals surface area contributed by atoms with Gasteiger partial charge in [0.15, 0.2) is 0 Å². The topological polar surface area (TPSA) is 56.7 Å². The van der Waals surface area contributed by atoms with Crippen molar-refractivity contribution in [1.82, 2.24) is 20.0 Å². The molecule has 0 saturated heterocycles. The second-order valence-corrected chi connectivity index (χ2v) is 6.12. The largest absolute Gasteiger partial charge is 0.441 e. The van der Waals surface area contributed by atoms with Gasteiger partial charge in [0, 0.05) is 17.2 Å². The Labute approximate surface area is 139 Å². The van der Waals surface area contributed by atoms with Gasteiger partial charge in [-0.25, -0.2) is 9.67 Å². The quantitative estimate of drug-likeness (QED) is 0.552. The van der Waals surface area contributed by atoms with Gasteiger partial charge in [0.2, 0.25) is 5.89 Å². The summed E-state index contributed by atoms with van der Waals surface area (Å²) in [5, 5.41) is 8.47. The van der Waals surface area contributed by atoms with Crippen molar-refractivity contribution in [1.29, 1.82) is 0 Å². The van der Waals surface area contributed by atoms with Crippen LogP contribution in [0.2, 0.25) is 0 Å². The fourth-order valence-electron chi connectivity index (χ4n) is 2.84. The summed E-state index contributed by atoms with van der Waals surface area (Å²) in [5.74, 6) is 1.41. The average Bonchev–Trinajstić information content (AvgIpc) is 3.18. The number of rotatable bonds is 3. The van der Waals surface area contributed by atoms with Crippen molar-refractivity contribution < 1.29 is 4.42 Å². The Kier molecular flexibility index (Phi) is 3.41. The first-order valence-corrected chi connectivity index (χ1v) is 8.01. The molecule has 0 atom stereocenters. The summed E-state index contributed by atoms with van der Waals surface area (Å²) in [5.41, 5.74) is 4.69. The molecule has 4 rings (SSSR count). The molecule has 0 spiro atoms. The van der Waals surface area contributed by atoms with Crippen molar-refractivity contribution in [2.24, 2.45) is 0 Å². The highest BCUT2D eigenvalue weighted by atomic mass is 16.4. The molecule has 0 aliphatic carbocycles. The van der Waals surface area contributed by atoms with Crippen LogP contribution >= 0.6 is 0 Å². The van der Waals surface area contributed by atoms with E-state index >= 15 is 0 Å². The smallest absolute Gasteiger partial charge is 0.226 e. The van der Waals surface area contributed by atoms with E-state index in [0.29, 0.717) is 5.89 Å². The zero-order chi connectivity index (χ0) is 16.7. The highest BCUT2D eigenvalue weighted by molar-refractivity contribution is 5.80. The Morgan fingerprint density at radius 2 is 1.79 bits per heavy atom. The van der Waals surface area contributed by atoms with Crippen LogP contribution in [0.25, 0.3) is 33.7 Å². The number of nitrogens with zero attached hydrogens (tertiary/aromatic N) is 4. The summed E-state index contributed by atoms with van der Waals surface area (Å²) in [6, 6.07) is 16.3. The van der Waals surface area contributed by atoms with Crippen molar-refractivity contribution >= 4 is 11.0 Å². The van der Waals surface area contributed by atoms with E-state index in [2.05, 4.69) is 29.1 Å². The standard InChI is InChI=1S/C19H18N4O/c1-12(2)23-17-10-9-15(11-16(17)21-22-23)19-20-18(13(3)24-19)14-7-5-4-6-8-14/h4-12H,1-3H3. The van der Waals surface area contributed by atoms with Crippen LogP contribution in [0.15, 0.2) is 52.9 Å². The van der Waals surface area contributed by atoms with Gasteiger partial charge in [0.1, 0.15) is 17.0 Å². The molecular formula is C19H18N4O. The third kappa shape index (κ3) is 2.38. The number of fused-ring (bicyclic) bond motifs is 1. The summed E-state index contributed by atoms with van der Waals surface area (Å²) in [7, 11) is 0. The molecule has 0 fully saturated rings. The van der Waals surface area contributed by atoms with Crippen LogP contribution in [-0.4, -0.2) is 20.0 Å². The highest BCUT2D eigenvalue weighted by Crippen LogP contribution is 2.30. The number of aryl methyl sites for hydroxylation is 1. The van der Waals surface area contributed by atoms with E-state index in [4.69, 9.17) is 4.42 Å². The summed E-state index contributed by atoms with van der Waals surface area (Å²) >= 11 is 0. The number of oxazole rings is 1. The Morgan fingerprint density at radius 3 is 2.54 bits per heavy atom. The highest BCUT2D eigenvalue weighted by Gasteiger charge is 2.15. The van der Waals surface area contributed by atoms with Gasteiger partial charge in [-0.3, -0.25) is 0 Å². The third-order valence-corrected chi connectivity index (χ3v) is 4.05. The molecular weight excluding hydrogens is 300 g/mol. The summed E-state index contributed by atoms with van der Waals surface area (Å²) in [6.07, 6.45) is 0. The molecule has 5 nitrogen and oxygen atoms in total. The molecule has 0 aliphatic heterocycles.